The number of carbonyl (C=O) groups is 1. The maximum Gasteiger partial charge on any atom is 0.315 e. The molecule has 1 aromatic rings. The Morgan fingerprint density at radius 3 is 2.81 bits per heavy atom. The number of urea groups is 1. The number of carbonyl (C=O) groups excluding carboxylic acids is 1. The Hall–Kier alpha value is -1.95. The van der Waals surface area contributed by atoms with Crippen molar-refractivity contribution >= 4 is 6.03 Å². The number of nitrogens with one attached hydrogen (secondary N) is 2. The van der Waals surface area contributed by atoms with E-state index in [9.17, 15) is 4.79 Å². The fraction of sp³-hybridized carbons (Fsp3) is 0.533. The molecule has 2 amide bonds. The van der Waals surface area contributed by atoms with E-state index in [1.165, 1.54) is 0 Å². The molecule has 6 nitrogen and oxygen atoms in total. The highest BCUT2D eigenvalue weighted by Crippen LogP contribution is 2.30. The lowest BCUT2D eigenvalue weighted by Gasteiger charge is -2.19. The number of amides is 2. The lowest BCUT2D eigenvalue weighted by atomic mass is 10.2. The first-order valence-electron chi connectivity index (χ1n) is 7.33. The van der Waals surface area contributed by atoms with Crippen LogP contribution in [0.1, 0.15) is 18.4 Å². The first-order chi connectivity index (χ1) is 10.3. The van der Waals surface area contributed by atoms with Crippen molar-refractivity contribution in [3.8, 4) is 11.5 Å². The summed E-state index contributed by atoms with van der Waals surface area (Å²) in [4.78, 5) is 11.7. The Labute approximate surface area is 123 Å². The Balaban J connectivity index is 1.44. The number of rotatable bonds is 4. The molecule has 0 aliphatic carbocycles. The molecule has 0 bridgehead atoms. The Bertz CT molecular complexity index is 500. The van der Waals surface area contributed by atoms with Crippen LogP contribution in [0.25, 0.3) is 0 Å². The molecule has 2 heterocycles. The molecule has 0 radical (unpaired) electrons. The zero-order chi connectivity index (χ0) is 14.5. The Kier molecular flexibility index (Phi) is 4.45. The molecular weight excluding hydrogens is 272 g/mol. The molecular formula is C15H20N2O4. The number of hydrogen-bond acceptors (Lipinski definition) is 4. The number of fused-ring (bicyclic) bond motifs is 1. The van der Waals surface area contributed by atoms with Crippen LogP contribution in [0.15, 0.2) is 18.2 Å². The van der Waals surface area contributed by atoms with Crippen LogP contribution >= 0.6 is 0 Å². The van der Waals surface area contributed by atoms with Crippen LogP contribution in [-0.4, -0.2) is 38.5 Å². The molecule has 0 unspecified atom stereocenters. The van der Waals surface area contributed by atoms with E-state index in [1.807, 2.05) is 18.2 Å². The molecule has 114 valence electrons. The fourth-order valence-corrected chi connectivity index (χ4v) is 2.45. The molecule has 6 heteroatoms. The van der Waals surface area contributed by atoms with Gasteiger partial charge in [0.2, 0.25) is 0 Å². The van der Waals surface area contributed by atoms with Crippen LogP contribution in [0.4, 0.5) is 4.79 Å². The van der Waals surface area contributed by atoms with Crippen LogP contribution in [0.2, 0.25) is 0 Å². The minimum absolute atomic E-state index is 0.157. The van der Waals surface area contributed by atoms with Crippen LogP contribution in [0, 0.1) is 0 Å². The quantitative estimate of drug-likeness (QED) is 0.881. The zero-order valence-electron chi connectivity index (χ0n) is 11.9. The van der Waals surface area contributed by atoms with E-state index in [0.29, 0.717) is 26.3 Å². The lowest BCUT2D eigenvalue weighted by molar-refractivity contribution is 0.111. The standard InChI is InChI=1S/C15H20N2O4/c18-15(17-10-12-2-1-5-19-12)16-9-11-3-4-13-14(8-11)21-7-6-20-13/h3-4,8,12H,1-2,5-7,9-10H2,(H2,16,17,18)/t12-/m0/s1. The van der Waals surface area contributed by atoms with Crippen LogP contribution in [0.3, 0.4) is 0 Å². The second kappa shape index (κ2) is 6.67. The Morgan fingerprint density at radius 2 is 2.00 bits per heavy atom. The molecule has 2 N–H and O–H groups in total. The molecule has 1 atom stereocenters. The van der Waals surface area contributed by atoms with Crippen molar-refractivity contribution in [1.29, 1.82) is 0 Å². The molecule has 0 saturated carbocycles. The van der Waals surface area contributed by atoms with Crippen molar-refractivity contribution in [2.45, 2.75) is 25.5 Å². The molecule has 1 fully saturated rings. The molecule has 2 aliphatic heterocycles. The smallest absolute Gasteiger partial charge is 0.315 e. The van der Waals surface area contributed by atoms with Gasteiger partial charge in [0.05, 0.1) is 6.10 Å². The minimum atomic E-state index is -0.180. The second-order valence-corrected chi connectivity index (χ2v) is 5.18. The maximum atomic E-state index is 11.7. The third-order valence-corrected chi connectivity index (χ3v) is 3.57. The van der Waals surface area contributed by atoms with Crippen LogP contribution in [-0.2, 0) is 11.3 Å². The van der Waals surface area contributed by atoms with Gasteiger partial charge < -0.3 is 24.8 Å². The van der Waals surface area contributed by atoms with E-state index in [-0.39, 0.29) is 12.1 Å². The first-order valence-corrected chi connectivity index (χ1v) is 7.33. The van der Waals surface area contributed by atoms with Crippen LogP contribution < -0.4 is 20.1 Å². The van der Waals surface area contributed by atoms with Gasteiger partial charge in [-0.25, -0.2) is 4.79 Å². The van der Waals surface area contributed by atoms with E-state index in [1.54, 1.807) is 0 Å². The third-order valence-electron chi connectivity index (χ3n) is 3.57. The molecule has 3 rings (SSSR count). The summed E-state index contributed by atoms with van der Waals surface area (Å²) >= 11 is 0. The summed E-state index contributed by atoms with van der Waals surface area (Å²) in [6.45, 7) is 2.95. The molecule has 1 saturated heterocycles. The molecule has 0 spiro atoms. The number of hydrogen-bond donors (Lipinski definition) is 2. The van der Waals surface area contributed by atoms with E-state index < -0.39 is 0 Å². The van der Waals surface area contributed by atoms with Crippen LogP contribution in [0.5, 0.6) is 11.5 Å². The van der Waals surface area contributed by atoms with Gasteiger partial charge in [0.15, 0.2) is 11.5 Å². The largest absolute Gasteiger partial charge is 0.486 e. The van der Waals surface area contributed by atoms with Gasteiger partial charge in [0.25, 0.3) is 0 Å². The number of ether oxygens (including phenoxy) is 3. The number of benzene rings is 1. The van der Waals surface area contributed by atoms with Crippen molar-refractivity contribution in [2.24, 2.45) is 0 Å². The van der Waals surface area contributed by atoms with Crippen molar-refractivity contribution in [3.05, 3.63) is 23.8 Å². The van der Waals surface area contributed by atoms with Gasteiger partial charge in [-0.2, -0.15) is 0 Å². The van der Waals surface area contributed by atoms with Crippen molar-refractivity contribution in [2.75, 3.05) is 26.4 Å². The van der Waals surface area contributed by atoms with Gasteiger partial charge >= 0.3 is 6.03 Å². The van der Waals surface area contributed by atoms with Crippen molar-refractivity contribution in [3.63, 3.8) is 0 Å². The lowest BCUT2D eigenvalue weighted by Crippen LogP contribution is -2.39. The van der Waals surface area contributed by atoms with E-state index in [4.69, 9.17) is 14.2 Å². The van der Waals surface area contributed by atoms with Gasteiger partial charge in [-0.1, -0.05) is 6.07 Å². The first kappa shape index (κ1) is 14.0. The highest BCUT2D eigenvalue weighted by Gasteiger charge is 2.16. The molecule has 21 heavy (non-hydrogen) atoms. The summed E-state index contributed by atoms with van der Waals surface area (Å²) in [6, 6.07) is 5.51. The minimum Gasteiger partial charge on any atom is -0.486 e. The summed E-state index contributed by atoms with van der Waals surface area (Å²) in [5.74, 6) is 1.49. The highest BCUT2D eigenvalue weighted by atomic mass is 16.6. The topological polar surface area (TPSA) is 68.8 Å². The molecule has 1 aromatic carbocycles. The SMILES string of the molecule is O=C(NCc1ccc2c(c1)OCCO2)NC[C@@H]1CCCO1. The maximum absolute atomic E-state index is 11.7. The summed E-state index contributed by atoms with van der Waals surface area (Å²) in [7, 11) is 0. The van der Waals surface area contributed by atoms with Gasteiger partial charge in [0, 0.05) is 19.7 Å². The Morgan fingerprint density at radius 1 is 1.14 bits per heavy atom. The van der Waals surface area contributed by atoms with E-state index >= 15 is 0 Å². The summed E-state index contributed by atoms with van der Waals surface area (Å²) < 4.78 is 16.4. The third kappa shape index (κ3) is 3.78. The van der Waals surface area contributed by atoms with E-state index in [0.717, 1.165) is 36.5 Å². The van der Waals surface area contributed by atoms with Gasteiger partial charge in [-0.05, 0) is 30.5 Å². The summed E-state index contributed by atoms with van der Waals surface area (Å²) in [5.41, 5.74) is 0.978. The van der Waals surface area contributed by atoms with Gasteiger partial charge in [-0.3, -0.25) is 0 Å². The highest BCUT2D eigenvalue weighted by molar-refractivity contribution is 5.73. The molecule has 2 aliphatic rings. The normalized spacial score (nSPS) is 20.1. The predicted molar refractivity (Wildman–Crippen MR) is 76.6 cm³/mol. The average molecular weight is 292 g/mol. The molecule has 0 aromatic heterocycles. The van der Waals surface area contributed by atoms with Gasteiger partial charge in [0.1, 0.15) is 13.2 Å². The zero-order valence-corrected chi connectivity index (χ0v) is 11.9. The van der Waals surface area contributed by atoms with Crippen molar-refractivity contribution < 1.29 is 19.0 Å². The predicted octanol–water partition coefficient (Wildman–Crippen LogP) is 1.44. The monoisotopic (exact) mass is 292 g/mol. The second-order valence-electron chi connectivity index (χ2n) is 5.18. The van der Waals surface area contributed by atoms with E-state index in [2.05, 4.69) is 10.6 Å². The average Bonchev–Trinajstić information content (AvgIpc) is 3.04. The summed E-state index contributed by atoms with van der Waals surface area (Å²) in [6.07, 6.45) is 2.25. The van der Waals surface area contributed by atoms with Crippen molar-refractivity contribution in [1.82, 2.24) is 10.6 Å². The van der Waals surface area contributed by atoms with Gasteiger partial charge in [-0.15, -0.1) is 0 Å². The summed E-state index contributed by atoms with van der Waals surface area (Å²) in [5, 5.41) is 5.65. The fourth-order valence-electron chi connectivity index (χ4n) is 2.45.